The lowest BCUT2D eigenvalue weighted by atomic mass is 9.65. The zero-order valence-electron chi connectivity index (χ0n) is 29.1. The van der Waals surface area contributed by atoms with Crippen molar-refractivity contribution in [2.75, 3.05) is 31.2 Å². The molecular weight excluding hydrogens is 598 g/mol. The van der Waals surface area contributed by atoms with Gasteiger partial charge >= 0.3 is 0 Å². The Morgan fingerprint density at radius 1 is 1.11 bits per heavy atom. The fourth-order valence-corrected chi connectivity index (χ4v) is 11.0. The fraction of sp³-hybridized carbons (Fsp3) is 0.649. The first-order valence-electron chi connectivity index (χ1n) is 16.8. The molecule has 1 aromatic rings. The summed E-state index contributed by atoms with van der Waals surface area (Å²) in [6, 6.07) is 6.09. The van der Waals surface area contributed by atoms with E-state index in [4.69, 9.17) is 4.74 Å². The van der Waals surface area contributed by atoms with E-state index in [1.54, 1.807) is 33.7 Å². The van der Waals surface area contributed by atoms with Crippen molar-refractivity contribution in [2.45, 2.75) is 102 Å². The Kier molecular flexibility index (Phi) is 10.8. The quantitative estimate of drug-likeness (QED) is 0.250. The molecule has 2 bridgehead atoms. The van der Waals surface area contributed by atoms with Crippen molar-refractivity contribution in [3.8, 4) is 5.75 Å². The SMILES string of the molecule is C=CCN(C(=O)[C@@H]1[C@@H]2CC(C)C3(S2)C(C(=O)N(CC=C)C(C)(C)CC(C)(C)C)N([C@@H](CC)CO)C(=O)[C@H]13)c1ccc(OCC)cc1. The summed E-state index contributed by atoms with van der Waals surface area (Å²) >= 11 is 1.66. The van der Waals surface area contributed by atoms with E-state index in [0.717, 1.165) is 18.6 Å². The van der Waals surface area contributed by atoms with Crippen LogP contribution < -0.4 is 9.64 Å². The van der Waals surface area contributed by atoms with Gasteiger partial charge in [-0.3, -0.25) is 14.4 Å². The molecule has 3 fully saturated rings. The van der Waals surface area contributed by atoms with Crippen LogP contribution in [0.4, 0.5) is 5.69 Å². The van der Waals surface area contributed by atoms with Gasteiger partial charge in [-0.15, -0.1) is 24.9 Å². The summed E-state index contributed by atoms with van der Waals surface area (Å²) in [5, 5.41) is 10.5. The van der Waals surface area contributed by atoms with E-state index in [-0.39, 0.29) is 40.9 Å². The zero-order valence-corrected chi connectivity index (χ0v) is 29.9. The lowest BCUT2D eigenvalue weighted by Crippen LogP contribution is -2.62. The molecule has 3 unspecified atom stereocenters. The van der Waals surface area contributed by atoms with Crippen LogP contribution >= 0.6 is 11.8 Å². The molecule has 8 nitrogen and oxygen atoms in total. The summed E-state index contributed by atoms with van der Waals surface area (Å²) in [4.78, 5) is 49.9. The highest BCUT2D eigenvalue weighted by atomic mass is 32.2. The summed E-state index contributed by atoms with van der Waals surface area (Å²) < 4.78 is 4.83. The number of carbonyl (C=O) groups is 3. The second-order valence-corrected chi connectivity index (χ2v) is 16.5. The third kappa shape index (κ3) is 6.26. The summed E-state index contributed by atoms with van der Waals surface area (Å²) in [6.07, 6.45) is 5.43. The van der Waals surface area contributed by atoms with Gasteiger partial charge < -0.3 is 24.5 Å². The van der Waals surface area contributed by atoms with Gasteiger partial charge in [0.05, 0.1) is 35.8 Å². The number of carbonyl (C=O) groups excluding carboxylic acids is 3. The van der Waals surface area contributed by atoms with Crippen LogP contribution in [0.25, 0.3) is 0 Å². The van der Waals surface area contributed by atoms with E-state index in [0.29, 0.717) is 31.8 Å². The van der Waals surface area contributed by atoms with Gasteiger partial charge in [0.2, 0.25) is 17.7 Å². The second-order valence-electron chi connectivity index (χ2n) is 15.0. The number of nitrogens with zero attached hydrogens (tertiary/aromatic N) is 3. The molecule has 1 aromatic carbocycles. The minimum absolute atomic E-state index is 0.0188. The van der Waals surface area contributed by atoms with Crippen molar-refractivity contribution in [1.29, 1.82) is 0 Å². The lowest BCUT2D eigenvalue weighted by Gasteiger charge is -2.47. The van der Waals surface area contributed by atoms with Crippen molar-refractivity contribution in [2.24, 2.45) is 23.2 Å². The maximum Gasteiger partial charge on any atom is 0.247 e. The number of rotatable bonds is 14. The van der Waals surface area contributed by atoms with Crippen LogP contribution in [0.2, 0.25) is 0 Å². The van der Waals surface area contributed by atoms with Crippen LogP contribution in [0.15, 0.2) is 49.6 Å². The number of thioether (sulfide) groups is 1. The molecule has 1 spiro atoms. The monoisotopic (exact) mass is 653 g/mol. The highest BCUT2D eigenvalue weighted by molar-refractivity contribution is 8.02. The Hall–Kier alpha value is -2.78. The minimum Gasteiger partial charge on any atom is -0.494 e. The minimum atomic E-state index is -0.803. The van der Waals surface area contributed by atoms with Crippen LogP contribution in [-0.4, -0.2) is 86.6 Å². The molecule has 46 heavy (non-hydrogen) atoms. The Morgan fingerprint density at radius 2 is 1.74 bits per heavy atom. The maximum atomic E-state index is 15.1. The fourth-order valence-electron chi connectivity index (χ4n) is 8.65. The molecular formula is C37H55N3O5S. The summed E-state index contributed by atoms with van der Waals surface area (Å²) in [5.41, 5.74) is 0.135. The molecule has 3 aliphatic heterocycles. The molecule has 3 aliphatic rings. The number of amides is 3. The number of benzene rings is 1. The molecule has 3 heterocycles. The number of hydrogen-bond acceptors (Lipinski definition) is 6. The predicted molar refractivity (Wildman–Crippen MR) is 187 cm³/mol. The molecule has 254 valence electrons. The number of likely N-dealkylation sites (tertiary alicyclic amines) is 1. The number of hydrogen-bond donors (Lipinski definition) is 1. The van der Waals surface area contributed by atoms with Crippen LogP contribution in [0, 0.1) is 23.2 Å². The van der Waals surface area contributed by atoms with Gasteiger partial charge in [-0.1, -0.05) is 46.8 Å². The molecule has 3 amide bonds. The number of fused-ring (bicyclic) bond motifs is 1. The first-order valence-corrected chi connectivity index (χ1v) is 17.7. The molecule has 0 aliphatic carbocycles. The van der Waals surface area contributed by atoms with Crippen LogP contribution in [0.1, 0.15) is 74.7 Å². The summed E-state index contributed by atoms with van der Waals surface area (Å²) in [7, 11) is 0. The topological polar surface area (TPSA) is 90.4 Å². The van der Waals surface area contributed by atoms with Gasteiger partial charge in [0.15, 0.2) is 0 Å². The molecule has 4 rings (SSSR count). The normalized spacial score (nSPS) is 27.7. The van der Waals surface area contributed by atoms with Crippen LogP contribution in [0.5, 0.6) is 5.75 Å². The lowest BCUT2D eigenvalue weighted by molar-refractivity contribution is -0.149. The summed E-state index contributed by atoms with van der Waals surface area (Å²) in [5.74, 6) is -1.00. The number of aliphatic hydroxyl groups excluding tert-OH is 1. The van der Waals surface area contributed by atoms with Gasteiger partial charge in [-0.05, 0) is 75.6 Å². The molecule has 9 heteroatoms. The molecule has 0 radical (unpaired) electrons. The molecule has 3 saturated heterocycles. The maximum absolute atomic E-state index is 15.1. The third-order valence-electron chi connectivity index (χ3n) is 10.1. The van der Waals surface area contributed by atoms with Crippen molar-refractivity contribution in [3.63, 3.8) is 0 Å². The summed E-state index contributed by atoms with van der Waals surface area (Å²) in [6.45, 7) is 25.4. The van der Waals surface area contributed by atoms with Crippen molar-refractivity contribution in [1.82, 2.24) is 9.80 Å². The largest absolute Gasteiger partial charge is 0.494 e. The van der Waals surface area contributed by atoms with E-state index in [1.165, 1.54) is 0 Å². The van der Waals surface area contributed by atoms with E-state index in [2.05, 4.69) is 54.7 Å². The van der Waals surface area contributed by atoms with Gasteiger partial charge in [0.1, 0.15) is 11.8 Å². The smallest absolute Gasteiger partial charge is 0.247 e. The van der Waals surface area contributed by atoms with E-state index >= 15 is 4.79 Å². The number of ether oxygens (including phenoxy) is 1. The van der Waals surface area contributed by atoms with Gasteiger partial charge in [-0.25, -0.2) is 0 Å². The van der Waals surface area contributed by atoms with E-state index in [9.17, 15) is 14.7 Å². The van der Waals surface area contributed by atoms with Gasteiger partial charge in [0.25, 0.3) is 0 Å². The van der Waals surface area contributed by atoms with Crippen molar-refractivity contribution < 1.29 is 24.2 Å². The van der Waals surface area contributed by atoms with Crippen LogP contribution in [-0.2, 0) is 14.4 Å². The Bertz CT molecular complexity index is 1300. The van der Waals surface area contributed by atoms with E-state index < -0.39 is 34.2 Å². The third-order valence-corrected chi connectivity index (χ3v) is 12.2. The standard InChI is InChI=1S/C37H55N3O5S/c1-11-19-38(26-15-17-27(18-16-26)45-14-4)32(42)29-28-21-24(5)37(46-28)30(29)33(43)40(25(13-3)22-41)31(37)34(44)39(20-12-2)36(9,10)23-35(6,7)8/h11-12,15-18,24-25,28-31,41H,1-2,13-14,19-23H2,3-10H3/t24?,25-,28-,29+,30-,31?,37?/m0/s1. The molecule has 1 N–H and O–H groups in total. The first-order chi connectivity index (χ1) is 21.6. The van der Waals surface area contributed by atoms with Crippen molar-refractivity contribution in [3.05, 3.63) is 49.6 Å². The van der Waals surface area contributed by atoms with Crippen LogP contribution in [0.3, 0.4) is 0 Å². The van der Waals surface area contributed by atoms with Crippen molar-refractivity contribution >= 4 is 35.2 Å². The average molecular weight is 654 g/mol. The van der Waals surface area contributed by atoms with Gasteiger partial charge in [-0.2, -0.15) is 0 Å². The second kappa shape index (κ2) is 13.8. The Morgan fingerprint density at radius 3 is 2.26 bits per heavy atom. The average Bonchev–Trinajstić information content (AvgIpc) is 3.58. The van der Waals surface area contributed by atoms with E-state index in [1.807, 2.05) is 43.0 Å². The molecule has 7 atom stereocenters. The number of aliphatic hydroxyl groups is 1. The number of anilines is 1. The first kappa shape index (κ1) is 36.1. The predicted octanol–water partition coefficient (Wildman–Crippen LogP) is 5.94. The molecule has 0 aromatic heterocycles. The highest BCUT2D eigenvalue weighted by Crippen LogP contribution is 2.69. The Balaban J connectivity index is 1.82. The Labute approximate surface area is 280 Å². The van der Waals surface area contributed by atoms with Gasteiger partial charge in [0, 0.05) is 29.6 Å². The zero-order chi connectivity index (χ0) is 34.2. The highest BCUT2D eigenvalue weighted by Gasteiger charge is 2.77. The molecule has 0 saturated carbocycles.